The second-order valence-corrected chi connectivity index (χ2v) is 3.49. The molecule has 3 heteroatoms. The predicted octanol–water partition coefficient (Wildman–Crippen LogP) is 2.02. The van der Waals surface area contributed by atoms with Gasteiger partial charge in [0, 0.05) is 23.0 Å². The predicted molar refractivity (Wildman–Crippen MR) is 68.3 cm³/mol. The van der Waals surface area contributed by atoms with E-state index in [1.165, 1.54) is 22.3 Å². The van der Waals surface area contributed by atoms with Crippen LogP contribution in [0.15, 0.2) is 48.5 Å². The first kappa shape index (κ1) is 14.5. The Hall–Kier alpha value is -1.47. The first-order chi connectivity index (χ1) is 6.45. The topological polar surface area (TPSA) is 30.5 Å². The van der Waals surface area contributed by atoms with E-state index in [1.54, 1.807) is 0 Å². The van der Waals surface area contributed by atoms with Gasteiger partial charge in [-0.2, -0.15) is 0 Å². The molecule has 0 amide bonds. The fourth-order valence-electron chi connectivity index (χ4n) is 2.08. The summed E-state index contributed by atoms with van der Waals surface area (Å²) in [6.45, 7) is 0. The molecule has 3 rings (SSSR count). The average molecular weight is 202 g/mol. The highest BCUT2D eigenvalue weighted by Gasteiger charge is 2.15. The van der Waals surface area contributed by atoms with Crippen LogP contribution in [0.4, 0.5) is 0 Å². The van der Waals surface area contributed by atoms with Crippen LogP contribution in [-0.4, -0.2) is 16.8 Å². The fourth-order valence-corrected chi connectivity index (χ4v) is 2.08. The van der Waals surface area contributed by atoms with Crippen molar-refractivity contribution in [2.45, 2.75) is 6.42 Å². The first-order valence-corrected chi connectivity index (χ1v) is 4.61. The first-order valence-electron chi connectivity index (χ1n) is 4.61. The van der Waals surface area contributed by atoms with E-state index in [9.17, 15) is 0 Å². The molecule has 0 fully saturated rings. The molecule has 1 aliphatic rings. The number of rotatable bonds is 0. The van der Waals surface area contributed by atoms with Gasteiger partial charge in [0.1, 0.15) is 0 Å². The molecular formula is C13H10B2N. The third-order valence-electron chi connectivity index (χ3n) is 2.71. The van der Waals surface area contributed by atoms with Gasteiger partial charge in [-0.05, 0) is 28.7 Å². The quantitative estimate of drug-likeness (QED) is 0.499. The van der Waals surface area contributed by atoms with Gasteiger partial charge < -0.3 is 0 Å². The van der Waals surface area contributed by atoms with Crippen molar-refractivity contribution in [3.05, 3.63) is 59.7 Å². The Labute approximate surface area is 101 Å². The molecule has 0 aliphatic heterocycles. The molecule has 0 aromatic heterocycles. The van der Waals surface area contributed by atoms with Gasteiger partial charge in [-0.3, -0.25) is 0 Å². The molecule has 73 valence electrons. The Morgan fingerprint density at radius 2 is 1.00 bits per heavy atom. The van der Waals surface area contributed by atoms with Crippen molar-refractivity contribution >= 4 is 16.8 Å². The van der Waals surface area contributed by atoms with Crippen LogP contribution in [0, 0.1) is 0 Å². The van der Waals surface area contributed by atoms with E-state index in [4.69, 9.17) is 0 Å². The van der Waals surface area contributed by atoms with Gasteiger partial charge in [0.15, 0.2) is 0 Å². The van der Waals surface area contributed by atoms with Crippen molar-refractivity contribution in [2.24, 2.45) is 0 Å². The van der Waals surface area contributed by atoms with E-state index in [2.05, 4.69) is 48.5 Å². The summed E-state index contributed by atoms with van der Waals surface area (Å²) in [5.74, 6) is 0. The summed E-state index contributed by atoms with van der Waals surface area (Å²) < 4.78 is 0. The van der Waals surface area contributed by atoms with Crippen molar-refractivity contribution in [1.29, 1.82) is 0 Å². The monoisotopic (exact) mass is 202 g/mol. The summed E-state index contributed by atoms with van der Waals surface area (Å²) in [5, 5.41) is 0. The smallest absolute Gasteiger partial charge is 0 e. The molecule has 0 spiro atoms. The minimum Gasteiger partial charge on any atom is -0.0619 e. The maximum Gasteiger partial charge on any atom is 0 e. The lowest BCUT2D eigenvalue weighted by Crippen LogP contribution is -1.77. The Balaban J connectivity index is 0.000000750. The summed E-state index contributed by atoms with van der Waals surface area (Å²) >= 11 is 0. The number of hydrogen-bond acceptors (Lipinski definition) is 0. The Kier molecular flexibility index (Phi) is 5.06. The molecule has 16 heavy (non-hydrogen) atoms. The summed E-state index contributed by atoms with van der Waals surface area (Å²) in [7, 11) is 0. The average Bonchev–Trinajstić information content (AvgIpc) is 2.56. The molecule has 9 radical (unpaired) electrons. The van der Waals surface area contributed by atoms with E-state index in [-0.39, 0.29) is 23.0 Å². The van der Waals surface area contributed by atoms with Crippen molar-refractivity contribution in [3.8, 4) is 11.1 Å². The molecule has 2 aromatic rings. The van der Waals surface area contributed by atoms with Crippen molar-refractivity contribution < 1.29 is 0 Å². The largest absolute Gasteiger partial charge is 0.0619 e. The zero-order valence-corrected chi connectivity index (χ0v) is 8.93. The van der Waals surface area contributed by atoms with E-state index >= 15 is 0 Å². The van der Waals surface area contributed by atoms with Gasteiger partial charge in [-0.25, -0.2) is 0 Å². The molecule has 1 nitrogen and oxygen atoms in total. The highest BCUT2D eigenvalue weighted by molar-refractivity contribution is 5.76. The molecule has 0 N–H and O–H groups in total. The van der Waals surface area contributed by atoms with E-state index < -0.39 is 0 Å². The summed E-state index contributed by atoms with van der Waals surface area (Å²) in [5.41, 5.74) is 5.75. The van der Waals surface area contributed by atoms with Crippen LogP contribution in [0.25, 0.3) is 11.1 Å². The zero-order valence-electron chi connectivity index (χ0n) is 8.93. The normalized spacial score (nSPS) is 10.0. The van der Waals surface area contributed by atoms with Crippen LogP contribution in [0.3, 0.4) is 0 Å². The summed E-state index contributed by atoms with van der Waals surface area (Å²) in [4.78, 5) is 0. The van der Waals surface area contributed by atoms with Crippen LogP contribution < -0.4 is 6.15 Å². The van der Waals surface area contributed by atoms with Gasteiger partial charge in [0.05, 0.1) is 0 Å². The lowest BCUT2D eigenvalue weighted by molar-refractivity contribution is 1.26. The van der Waals surface area contributed by atoms with Crippen molar-refractivity contribution in [1.82, 2.24) is 6.15 Å². The lowest BCUT2D eigenvalue weighted by Gasteiger charge is -1.98. The second-order valence-electron chi connectivity index (χ2n) is 3.49. The molecule has 0 saturated heterocycles. The van der Waals surface area contributed by atoms with Crippen LogP contribution in [0.5, 0.6) is 0 Å². The Bertz CT molecular complexity index is 425. The third-order valence-corrected chi connectivity index (χ3v) is 2.71. The van der Waals surface area contributed by atoms with Crippen LogP contribution in [0.1, 0.15) is 11.1 Å². The SMILES string of the molecule is [B].[B].[N].c1ccc2c(c1)Cc1ccccc1-2. The van der Waals surface area contributed by atoms with Gasteiger partial charge in [-0.15, -0.1) is 0 Å². The molecule has 1 aliphatic carbocycles. The van der Waals surface area contributed by atoms with E-state index in [0.29, 0.717) is 0 Å². The molecule has 0 saturated carbocycles. The molecule has 0 atom stereocenters. The Morgan fingerprint density at radius 1 is 0.625 bits per heavy atom. The number of hydrogen-bond donors (Lipinski definition) is 0. The number of nitrogens with zero attached hydrogens (tertiary/aromatic N) is 1. The fraction of sp³-hybridized carbons (Fsp3) is 0.0769. The van der Waals surface area contributed by atoms with E-state index in [0.717, 1.165) is 6.42 Å². The molecule has 0 unspecified atom stereocenters. The Morgan fingerprint density at radius 3 is 1.44 bits per heavy atom. The molecule has 0 heterocycles. The second kappa shape index (κ2) is 5.57. The minimum atomic E-state index is 0. The van der Waals surface area contributed by atoms with Gasteiger partial charge in [-0.1, -0.05) is 48.5 Å². The zero-order chi connectivity index (χ0) is 8.67. The standard InChI is InChI=1S/C13H10.2B.N/c1-3-7-12-10(5-1)9-11-6-2-4-8-13(11)12;;;/h1-8H,9H2;;;. The maximum absolute atomic E-state index is 2.22. The summed E-state index contributed by atoms with van der Waals surface area (Å²) in [6, 6.07) is 17.3. The van der Waals surface area contributed by atoms with Crippen LogP contribution in [0.2, 0.25) is 0 Å². The molecule has 2 aromatic carbocycles. The van der Waals surface area contributed by atoms with Gasteiger partial charge >= 0.3 is 0 Å². The van der Waals surface area contributed by atoms with Crippen molar-refractivity contribution in [2.75, 3.05) is 0 Å². The van der Waals surface area contributed by atoms with Gasteiger partial charge in [0.25, 0.3) is 0 Å². The van der Waals surface area contributed by atoms with Gasteiger partial charge in [0.2, 0.25) is 0 Å². The van der Waals surface area contributed by atoms with Crippen LogP contribution in [-0.2, 0) is 6.42 Å². The number of benzene rings is 2. The maximum atomic E-state index is 2.22. The third kappa shape index (κ3) is 2.05. The lowest BCUT2D eigenvalue weighted by atomic mass is 10.1. The number of fused-ring (bicyclic) bond motifs is 3. The van der Waals surface area contributed by atoms with Crippen molar-refractivity contribution in [3.63, 3.8) is 0 Å². The highest BCUT2D eigenvalue weighted by atomic mass is 14.2. The van der Waals surface area contributed by atoms with E-state index in [1.807, 2.05) is 0 Å². The minimum absolute atomic E-state index is 0. The van der Waals surface area contributed by atoms with Crippen LogP contribution >= 0.6 is 0 Å². The molecule has 0 bridgehead atoms. The molecular weight excluding hydrogens is 192 g/mol. The summed E-state index contributed by atoms with van der Waals surface area (Å²) in [6.07, 6.45) is 1.10. The highest BCUT2D eigenvalue weighted by Crippen LogP contribution is 2.35.